The van der Waals surface area contributed by atoms with Gasteiger partial charge in [0, 0.05) is 11.8 Å². The molecule has 0 atom stereocenters. The zero-order chi connectivity index (χ0) is 13.8. The molecule has 0 radical (unpaired) electrons. The van der Waals surface area contributed by atoms with Crippen molar-refractivity contribution in [3.63, 3.8) is 0 Å². The maximum Gasteiger partial charge on any atom is 0.226 e. The topological polar surface area (TPSA) is 61.0 Å². The molecule has 20 heavy (non-hydrogen) atoms. The van der Waals surface area contributed by atoms with Crippen LogP contribution in [0.1, 0.15) is 25.1 Å². The summed E-state index contributed by atoms with van der Waals surface area (Å²) in [6, 6.07) is 9.86. The van der Waals surface area contributed by atoms with E-state index >= 15 is 0 Å². The summed E-state index contributed by atoms with van der Waals surface area (Å²) < 4.78 is 10.8. The Labute approximate surface area is 116 Å². The fourth-order valence-electron chi connectivity index (χ4n) is 1.94. The molecule has 0 aliphatic rings. The number of hydrogen-bond donors (Lipinski definition) is 0. The lowest BCUT2D eigenvalue weighted by atomic mass is 10.2. The molecule has 102 valence electrons. The summed E-state index contributed by atoms with van der Waals surface area (Å²) in [6.07, 6.45) is 3.48. The molecule has 5 heteroatoms. The third kappa shape index (κ3) is 2.77. The van der Waals surface area contributed by atoms with E-state index < -0.39 is 0 Å². The van der Waals surface area contributed by atoms with Crippen molar-refractivity contribution in [2.45, 2.75) is 26.4 Å². The van der Waals surface area contributed by atoms with Gasteiger partial charge in [-0.15, -0.1) is 0 Å². The number of para-hydroxylation sites is 1. The van der Waals surface area contributed by atoms with Crippen molar-refractivity contribution in [2.24, 2.45) is 0 Å². The van der Waals surface area contributed by atoms with Gasteiger partial charge in [-0.2, -0.15) is 4.98 Å². The van der Waals surface area contributed by atoms with E-state index in [1.165, 1.54) is 0 Å². The Bertz CT molecular complexity index is 709. The number of nitrogens with zero attached hydrogens (tertiary/aromatic N) is 3. The molecule has 2 aromatic heterocycles. The Morgan fingerprint density at radius 2 is 2.15 bits per heavy atom. The van der Waals surface area contributed by atoms with Gasteiger partial charge in [-0.05, 0) is 18.6 Å². The Morgan fingerprint density at radius 1 is 1.25 bits per heavy atom. The highest BCUT2D eigenvalue weighted by Crippen LogP contribution is 2.18. The van der Waals surface area contributed by atoms with Gasteiger partial charge in [-0.1, -0.05) is 30.3 Å². The highest BCUT2D eigenvalue weighted by atomic mass is 16.5. The lowest BCUT2D eigenvalue weighted by molar-refractivity contribution is 0.284. The van der Waals surface area contributed by atoms with Gasteiger partial charge in [-0.25, -0.2) is 0 Å². The first-order chi connectivity index (χ1) is 9.85. The summed E-state index contributed by atoms with van der Waals surface area (Å²) in [5.41, 5.74) is 0.949. The molecule has 2 heterocycles. The normalized spacial score (nSPS) is 10.8. The molecular weight excluding hydrogens is 254 g/mol. The molecule has 0 saturated heterocycles. The molecule has 3 rings (SSSR count). The van der Waals surface area contributed by atoms with E-state index in [2.05, 4.69) is 22.0 Å². The summed E-state index contributed by atoms with van der Waals surface area (Å²) in [7, 11) is 0. The molecule has 3 aromatic rings. The average Bonchev–Trinajstić information content (AvgIpc) is 2.93. The summed E-state index contributed by atoms with van der Waals surface area (Å²) in [4.78, 5) is 8.59. The van der Waals surface area contributed by atoms with Crippen molar-refractivity contribution in [1.82, 2.24) is 15.1 Å². The van der Waals surface area contributed by atoms with Crippen molar-refractivity contribution < 1.29 is 9.26 Å². The number of hydrogen-bond acceptors (Lipinski definition) is 5. The van der Waals surface area contributed by atoms with Crippen LogP contribution in [-0.2, 0) is 13.0 Å². The fourth-order valence-corrected chi connectivity index (χ4v) is 1.94. The Balaban J connectivity index is 1.69. The summed E-state index contributed by atoms with van der Waals surface area (Å²) in [6.45, 7) is 2.36. The molecule has 0 spiro atoms. The maximum absolute atomic E-state index is 5.64. The highest BCUT2D eigenvalue weighted by Gasteiger charge is 2.06. The number of rotatable bonds is 5. The number of pyridine rings is 1. The van der Waals surface area contributed by atoms with Crippen LogP contribution in [0.3, 0.4) is 0 Å². The third-order valence-electron chi connectivity index (χ3n) is 2.91. The molecule has 0 fully saturated rings. The lowest BCUT2D eigenvalue weighted by Gasteiger charge is -2.04. The van der Waals surface area contributed by atoms with Gasteiger partial charge in [0.15, 0.2) is 6.61 Å². The summed E-state index contributed by atoms with van der Waals surface area (Å²) in [5, 5.41) is 4.93. The maximum atomic E-state index is 5.64. The number of benzene rings is 1. The zero-order valence-corrected chi connectivity index (χ0v) is 11.2. The minimum atomic E-state index is 0.285. The second-order valence-corrected chi connectivity index (χ2v) is 4.51. The van der Waals surface area contributed by atoms with E-state index in [-0.39, 0.29) is 6.61 Å². The molecule has 0 aliphatic carbocycles. The van der Waals surface area contributed by atoms with E-state index in [4.69, 9.17) is 9.26 Å². The first kappa shape index (κ1) is 12.6. The van der Waals surface area contributed by atoms with E-state index in [0.29, 0.717) is 17.5 Å². The minimum absolute atomic E-state index is 0.285. The molecule has 0 amide bonds. The molecular formula is C15H15N3O2. The highest BCUT2D eigenvalue weighted by molar-refractivity contribution is 5.79. The van der Waals surface area contributed by atoms with Gasteiger partial charge in [0.1, 0.15) is 5.75 Å². The van der Waals surface area contributed by atoms with Crippen molar-refractivity contribution >= 4 is 10.9 Å². The van der Waals surface area contributed by atoms with Crippen molar-refractivity contribution in [3.8, 4) is 5.75 Å². The standard InChI is InChI=1S/C15H15N3O2/c1-2-5-15-17-14(18-20-15)10-19-12-8-11-6-3-4-7-13(11)16-9-12/h3-4,6-9H,2,5,10H2,1H3. The van der Waals surface area contributed by atoms with Crippen LogP contribution >= 0.6 is 0 Å². The quantitative estimate of drug-likeness (QED) is 0.712. The number of fused-ring (bicyclic) bond motifs is 1. The van der Waals surface area contributed by atoms with Crippen LogP contribution in [0, 0.1) is 0 Å². The minimum Gasteiger partial charge on any atom is -0.484 e. The van der Waals surface area contributed by atoms with Gasteiger partial charge in [-0.3, -0.25) is 4.98 Å². The largest absolute Gasteiger partial charge is 0.484 e. The molecule has 0 N–H and O–H groups in total. The molecule has 0 unspecified atom stereocenters. The Hall–Kier alpha value is -2.43. The van der Waals surface area contributed by atoms with Crippen LogP contribution in [0.4, 0.5) is 0 Å². The SMILES string of the molecule is CCCc1nc(COc2cnc3ccccc3c2)no1. The van der Waals surface area contributed by atoms with Crippen molar-refractivity contribution in [2.75, 3.05) is 0 Å². The van der Waals surface area contributed by atoms with Crippen LogP contribution in [-0.4, -0.2) is 15.1 Å². The van der Waals surface area contributed by atoms with Crippen LogP contribution < -0.4 is 4.74 Å². The molecule has 0 bridgehead atoms. The lowest BCUT2D eigenvalue weighted by Crippen LogP contribution is -1.98. The smallest absolute Gasteiger partial charge is 0.226 e. The summed E-state index contributed by atoms with van der Waals surface area (Å²) in [5.74, 6) is 1.91. The van der Waals surface area contributed by atoms with Crippen LogP contribution in [0.2, 0.25) is 0 Å². The number of aryl methyl sites for hydroxylation is 1. The monoisotopic (exact) mass is 269 g/mol. The molecule has 5 nitrogen and oxygen atoms in total. The predicted octanol–water partition coefficient (Wildman–Crippen LogP) is 3.15. The molecule has 0 aliphatic heterocycles. The number of ether oxygens (including phenoxy) is 1. The van der Waals surface area contributed by atoms with E-state index in [9.17, 15) is 0 Å². The van der Waals surface area contributed by atoms with Crippen molar-refractivity contribution in [1.29, 1.82) is 0 Å². The predicted molar refractivity (Wildman–Crippen MR) is 74.4 cm³/mol. The molecule has 1 aromatic carbocycles. The van der Waals surface area contributed by atoms with E-state index in [1.807, 2.05) is 30.3 Å². The number of aromatic nitrogens is 3. The van der Waals surface area contributed by atoms with E-state index in [0.717, 1.165) is 23.7 Å². The van der Waals surface area contributed by atoms with E-state index in [1.54, 1.807) is 6.20 Å². The van der Waals surface area contributed by atoms with Crippen LogP contribution in [0.25, 0.3) is 10.9 Å². The van der Waals surface area contributed by atoms with Crippen LogP contribution in [0.5, 0.6) is 5.75 Å². The molecule has 0 saturated carbocycles. The van der Waals surface area contributed by atoms with Gasteiger partial charge in [0.25, 0.3) is 0 Å². The van der Waals surface area contributed by atoms with Gasteiger partial charge in [0.2, 0.25) is 11.7 Å². The first-order valence-electron chi connectivity index (χ1n) is 6.64. The second-order valence-electron chi connectivity index (χ2n) is 4.51. The summed E-state index contributed by atoms with van der Waals surface area (Å²) >= 11 is 0. The second kappa shape index (κ2) is 5.69. The zero-order valence-electron chi connectivity index (χ0n) is 11.2. The first-order valence-corrected chi connectivity index (χ1v) is 6.64. The average molecular weight is 269 g/mol. The Morgan fingerprint density at radius 3 is 3.05 bits per heavy atom. The fraction of sp³-hybridized carbons (Fsp3) is 0.267. The Kier molecular flexibility index (Phi) is 3.58. The van der Waals surface area contributed by atoms with Crippen LogP contribution in [0.15, 0.2) is 41.1 Å². The van der Waals surface area contributed by atoms with Crippen molar-refractivity contribution in [3.05, 3.63) is 48.2 Å². The van der Waals surface area contributed by atoms with Gasteiger partial charge in [0.05, 0.1) is 11.7 Å². The van der Waals surface area contributed by atoms with Gasteiger partial charge >= 0.3 is 0 Å². The third-order valence-corrected chi connectivity index (χ3v) is 2.91. The van der Waals surface area contributed by atoms with Gasteiger partial charge < -0.3 is 9.26 Å².